The minimum Gasteiger partial charge on any atom is -0.468 e. The maximum Gasteiger partial charge on any atom is 0.274 e. The number of amides is 1. The number of rotatable bonds is 6. The molecule has 28 heavy (non-hydrogen) atoms. The van der Waals surface area contributed by atoms with Crippen molar-refractivity contribution in [1.82, 2.24) is 24.9 Å². The Bertz CT molecular complexity index is 818. The third-order valence-corrected chi connectivity index (χ3v) is 5.79. The van der Waals surface area contributed by atoms with Crippen LogP contribution in [0.4, 0.5) is 0 Å². The molecule has 1 unspecified atom stereocenters. The number of carbonyl (C=O) groups is 1. The molecular weight excluding hydrogens is 354 g/mol. The van der Waals surface area contributed by atoms with Crippen LogP contribution in [0, 0.1) is 0 Å². The summed E-state index contributed by atoms with van der Waals surface area (Å²) in [6.45, 7) is 8.54. The van der Waals surface area contributed by atoms with E-state index in [1.54, 1.807) is 6.26 Å². The van der Waals surface area contributed by atoms with Crippen LogP contribution in [0.2, 0.25) is 0 Å². The molecule has 3 heterocycles. The van der Waals surface area contributed by atoms with Gasteiger partial charge >= 0.3 is 0 Å². The normalized spacial score (nSPS) is 20.2. The summed E-state index contributed by atoms with van der Waals surface area (Å²) in [6.07, 6.45) is 6.31. The van der Waals surface area contributed by atoms with Gasteiger partial charge in [0.25, 0.3) is 5.91 Å². The van der Waals surface area contributed by atoms with E-state index in [-0.39, 0.29) is 5.91 Å². The van der Waals surface area contributed by atoms with E-state index < -0.39 is 0 Å². The van der Waals surface area contributed by atoms with Crippen molar-refractivity contribution in [2.24, 2.45) is 0 Å². The second-order valence-electron chi connectivity index (χ2n) is 7.74. The lowest BCUT2D eigenvalue weighted by atomic mass is 9.91. The van der Waals surface area contributed by atoms with E-state index in [9.17, 15) is 4.79 Å². The Morgan fingerprint density at radius 2 is 2.21 bits per heavy atom. The first-order valence-corrected chi connectivity index (χ1v) is 10.1. The smallest absolute Gasteiger partial charge is 0.274 e. The monoisotopic (exact) mass is 383 g/mol. The number of fused-ring (bicyclic) bond motifs is 1. The maximum atomic E-state index is 13.2. The molecule has 150 valence electrons. The highest BCUT2D eigenvalue weighted by atomic mass is 16.3. The van der Waals surface area contributed by atoms with Crippen molar-refractivity contribution in [3.63, 3.8) is 0 Å². The number of nitrogens with zero attached hydrogens (tertiary/aromatic N) is 4. The fourth-order valence-corrected chi connectivity index (χ4v) is 4.12. The Morgan fingerprint density at radius 1 is 1.39 bits per heavy atom. The van der Waals surface area contributed by atoms with Crippen LogP contribution in [0.3, 0.4) is 0 Å². The van der Waals surface area contributed by atoms with Crippen molar-refractivity contribution < 1.29 is 9.21 Å². The highest BCUT2D eigenvalue weighted by Gasteiger charge is 2.31. The number of carbonyl (C=O) groups excluding carboxylic acids is 1. The zero-order valence-electron chi connectivity index (χ0n) is 16.6. The first kappa shape index (κ1) is 19.0. The number of hydrogen-bond acceptors (Lipinski definition) is 5. The van der Waals surface area contributed by atoms with Gasteiger partial charge in [-0.1, -0.05) is 6.08 Å². The molecule has 1 aliphatic heterocycles. The van der Waals surface area contributed by atoms with Crippen LogP contribution in [0.5, 0.6) is 0 Å². The Hall–Kier alpha value is -2.38. The second kappa shape index (κ2) is 8.32. The van der Waals surface area contributed by atoms with Crippen LogP contribution in [-0.2, 0) is 25.9 Å². The van der Waals surface area contributed by atoms with Gasteiger partial charge < -0.3 is 19.5 Å². The average molecular weight is 383 g/mol. The zero-order valence-corrected chi connectivity index (χ0v) is 16.6. The first-order chi connectivity index (χ1) is 13.7. The number of nitrogens with one attached hydrogen (secondary N) is 1. The quantitative estimate of drug-likeness (QED) is 0.769. The molecule has 1 saturated heterocycles. The Kier molecular flexibility index (Phi) is 5.64. The molecule has 0 aromatic carbocycles. The zero-order chi connectivity index (χ0) is 19.5. The third kappa shape index (κ3) is 3.91. The fraction of sp³-hybridized carbons (Fsp3) is 0.524. The minimum absolute atomic E-state index is 0.0684. The molecule has 7 heteroatoms. The van der Waals surface area contributed by atoms with Gasteiger partial charge in [0.2, 0.25) is 0 Å². The van der Waals surface area contributed by atoms with Gasteiger partial charge in [0.05, 0.1) is 19.4 Å². The summed E-state index contributed by atoms with van der Waals surface area (Å²) in [4.78, 5) is 17.4. The summed E-state index contributed by atoms with van der Waals surface area (Å²) in [6, 6.07) is 4.20. The van der Waals surface area contributed by atoms with Crippen molar-refractivity contribution in [2.45, 2.75) is 38.4 Å². The molecule has 2 aliphatic rings. The molecule has 1 atom stereocenters. The number of aromatic nitrogens is 2. The summed E-state index contributed by atoms with van der Waals surface area (Å²) in [5, 5.41) is 8.29. The molecule has 1 N–H and O–H groups in total. The number of likely N-dealkylation sites (N-methyl/N-ethyl adjacent to an activating group) is 1. The molecule has 1 fully saturated rings. The van der Waals surface area contributed by atoms with Crippen LogP contribution in [-0.4, -0.2) is 64.8 Å². The summed E-state index contributed by atoms with van der Waals surface area (Å²) in [7, 11) is 2.10. The molecule has 0 bridgehead atoms. The Balaban J connectivity index is 1.52. The Morgan fingerprint density at radius 3 is 2.93 bits per heavy atom. The van der Waals surface area contributed by atoms with Gasteiger partial charge in [0.15, 0.2) is 5.69 Å². The molecule has 0 radical (unpaired) electrons. The molecule has 0 spiro atoms. The predicted octanol–water partition coefficient (Wildman–Crippen LogP) is 1.70. The molecule has 7 nitrogen and oxygen atoms in total. The topological polar surface area (TPSA) is 66.5 Å². The summed E-state index contributed by atoms with van der Waals surface area (Å²) >= 11 is 0. The first-order valence-electron chi connectivity index (χ1n) is 10.1. The van der Waals surface area contributed by atoms with E-state index >= 15 is 0 Å². The van der Waals surface area contributed by atoms with E-state index in [2.05, 4.69) is 23.8 Å². The van der Waals surface area contributed by atoms with Crippen molar-refractivity contribution >= 4 is 5.91 Å². The molecule has 1 amide bonds. The number of hydrogen-bond donors (Lipinski definition) is 1. The summed E-state index contributed by atoms with van der Waals surface area (Å²) < 4.78 is 7.39. The van der Waals surface area contributed by atoms with Gasteiger partial charge in [-0.3, -0.25) is 9.48 Å². The van der Waals surface area contributed by atoms with Gasteiger partial charge in [-0.25, -0.2) is 0 Å². The van der Waals surface area contributed by atoms with E-state index in [4.69, 9.17) is 9.52 Å². The van der Waals surface area contributed by atoms with Gasteiger partial charge in [-0.2, -0.15) is 5.10 Å². The largest absolute Gasteiger partial charge is 0.468 e. The third-order valence-electron chi connectivity index (χ3n) is 5.79. The van der Waals surface area contributed by atoms with Crippen molar-refractivity contribution in [2.75, 3.05) is 33.2 Å². The van der Waals surface area contributed by atoms with Gasteiger partial charge in [0.1, 0.15) is 5.76 Å². The van der Waals surface area contributed by atoms with Crippen molar-refractivity contribution in [3.8, 4) is 0 Å². The number of allylic oxidation sites excluding steroid dienone is 1. The number of furan rings is 1. The minimum atomic E-state index is 0.0684. The second-order valence-corrected chi connectivity index (χ2v) is 7.74. The van der Waals surface area contributed by atoms with E-state index in [0.717, 1.165) is 56.8 Å². The lowest BCUT2D eigenvalue weighted by Gasteiger charge is -2.32. The SMILES string of the molecule is C=CCn1nc(C(=O)N2CCN(C)CC2)c2c1CCC(NCc1ccco1)C2. The number of piperazine rings is 1. The van der Waals surface area contributed by atoms with E-state index in [1.807, 2.05) is 27.8 Å². The maximum absolute atomic E-state index is 13.2. The lowest BCUT2D eigenvalue weighted by Crippen LogP contribution is -2.47. The van der Waals surface area contributed by atoms with Crippen LogP contribution >= 0.6 is 0 Å². The molecule has 4 rings (SSSR count). The van der Waals surface area contributed by atoms with E-state index in [1.165, 1.54) is 5.69 Å². The molecule has 0 saturated carbocycles. The highest BCUT2D eigenvalue weighted by molar-refractivity contribution is 5.94. The van der Waals surface area contributed by atoms with Crippen molar-refractivity contribution in [3.05, 3.63) is 53.8 Å². The van der Waals surface area contributed by atoms with Gasteiger partial charge in [-0.05, 0) is 38.4 Å². The molecule has 1 aliphatic carbocycles. The predicted molar refractivity (Wildman–Crippen MR) is 107 cm³/mol. The Labute approximate surface area is 166 Å². The van der Waals surface area contributed by atoms with Crippen molar-refractivity contribution in [1.29, 1.82) is 0 Å². The van der Waals surface area contributed by atoms with Gasteiger partial charge in [-0.15, -0.1) is 6.58 Å². The lowest BCUT2D eigenvalue weighted by molar-refractivity contribution is 0.0656. The molecule has 2 aromatic heterocycles. The summed E-state index contributed by atoms with van der Waals surface area (Å²) in [5.41, 5.74) is 2.92. The van der Waals surface area contributed by atoms with Crippen LogP contribution in [0.1, 0.15) is 33.9 Å². The highest BCUT2D eigenvalue weighted by Crippen LogP contribution is 2.26. The standard InChI is InChI=1S/C21H29N5O2/c1-3-8-26-19-7-6-16(22-15-17-5-4-13-28-17)14-18(19)20(23-26)21(27)25-11-9-24(2)10-12-25/h3-5,13,16,22H,1,6-12,14-15H2,2H3. The summed E-state index contributed by atoms with van der Waals surface area (Å²) in [5.74, 6) is 1.00. The van der Waals surface area contributed by atoms with Gasteiger partial charge in [0, 0.05) is 43.5 Å². The molecular formula is C21H29N5O2. The molecule has 2 aromatic rings. The van der Waals surface area contributed by atoms with Crippen LogP contribution in [0.15, 0.2) is 35.5 Å². The average Bonchev–Trinajstić information content (AvgIpc) is 3.35. The van der Waals surface area contributed by atoms with Crippen LogP contribution < -0.4 is 5.32 Å². The van der Waals surface area contributed by atoms with E-state index in [0.29, 0.717) is 24.8 Å². The van der Waals surface area contributed by atoms with Crippen LogP contribution in [0.25, 0.3) is 0 Å². The fourth-order valence-electron chi connectivity index (χ4n) is 4.12.